The Morgan fingerprint density at radius 3 is 2.26 bits per heavy atom. The van der Waals surface area contributed by atoms with Gasteiger partial charge in [0, 0.05) is 24.1 Å². The molecule has 0 N–H and O–H groups in total. The van der Waals surface area contributed by atoms with Crippen LogP contribution in [-0.4, -0.2) is 72.9 Å². The van der Waals surface area contributed by atoms with E-state index in [4.69, 9.17) is 31.2 Å². The molecule has 1 unspecified atom stereocenters. The number of ether oxygens (including phenoxy) is 4. The van der Waals surface area contributed by atoms with Crippen molar-refractivity contribution >= 4 is 55.7 Å². The number of carbonyl (C=O) groups is 1. The number of thiocarbonyl (C=S) groups is 1. The van der Waals surface area contributed by atoms with E-state index < -0.39 is 5.41 Å². The second-order valence-electron chi connectivity index (χ2n) is 8.56. The lowest BCUT2D eigenvalue weighted by Crippen LogP contribution is -2.19. The molecular weight excluding hydrogens is 573 g/mol. The van der Waals surface area contributed by atoms with Crippen molar-refractivity contribution in [3.63, 3.8) is 0 Å². The van der Waals surface area contributed by atoms with Gasteiger partial charge in [-0.2, -0.15) is 5.26 Å². The fourth-order valence-electron chi connectivity index (χ4n) is 3.06. The Balaban J connectivity index is 1.38. The van der Waals surface area contributed by atoms with E-state index in [9.17, 15) is 10.1 Å². The molecule has 1 heterocycles. The predicted octanol–water partition coefficient (Wildman–Crippen LogP) is 6.22. The maximum atomic E-state index is 12.1. The standard InChI is InChI=1S/C28H36N2O5S4/c1-28(23-29,12-21-37-27(36)24-7-3-2-4-8-24)11-10-26(31)35-19-18-33-15-14-32-16-17-34-20-22-38-39-25-9-5-6-13-30-25/h2-9,13H,10-12,14-22H2,1H3. The van der Waals surface area contributed by atoms with E-state index in [0.717, 1.165) is 26.3 Å². The molecule has 0 aliphatic carbocycles. The number of nitriles is 1. The number of rotatable bonds is 21. The highest BCUT2D eigenvalue weighted by Crippen LogP contribution is 2.30. The Kier molecular flexibility index (Phi) is 18.2. The molecule has 0 bridgehead atoms. The maximum Gasteiger partial charge on any atom is 0.305 e. The average molecular weight is 609 g/mol. The van der Waals surface area contributed by atoms with Crippen LogP contribution in [0.15, 0.2) is 59.8 Å². The molecule has 11 heteroatoms. The van der Waals surface area contributed by atoms with Gasteiger partial charge in [0.1, 0.15) is 11.6 Å². The van der Waals surface area contributed by atoms with Crippen molar-refractivity contribution in [2.45, 2.75) is 31.2 Å². The Morgan fingerprint density at radius 2 is 1.59 bits per heavy atom. The summed E-state index contributed by atoms with van der Waals surface area (Å²) < 4.78 is 22.5. The third-order valence-electron chi connectivity index (χ3n) is 5.38. The average Bonchev–Trinajstić information content (AvgIpc) is 2.97. The second kappa shape index (κ2) is 21.1. The highest BCUT2D eigenvalue weighted by molar-refractivity contribution is 8.76. The Morgan fingerprint density at radius 1 is 0.923 bits per heavy atom. The summed E-state index contributed by atoms with van der Waals surface area (Å²) in [5.74, 6) is 1.28. The van der Waals surface area contributed by atoms with Gasteiger partial charge in [-0.25, -0.2) is 4.98 Å². The summed E-state index contributed by atoms with van der Waals surface area (Å²) in [6.45, 7) is 4.93. The monoisotopic (exact) mass is 608 g/mol. The van der Waals surface area contributed by atoms with Crippen LogP contribution in [0.25, 0.3) is 0 Å². The summed E-state index contributed by atoms with van der Waals surface area (Å²) in [5.41, 5.74) is 0.410. The molecular formula is C28H36N2O5S4. The van der Waals surface area contributed by atoms with Crippen molar-refractivity contribution in [2.75, 3.05) is 57.8 Å². The van der Waals surface area contributed by atoms with Crippen LogP contribution in [-0.2, 0) is 23.7 Å². The highest BCUT2D eigenvalue weighted by atomic mass is 33.1. The number of aromatic nitrogens is 1. The second-order valence-corrected chi connectivity index (χ2v) is 12.8. The molecule has 7 nitrogen and oxygen atoms in total. The van der Waals surface area contributed by atoms with Crippen LogP contribution in [0.4, 0.5) is 0 Å². The van der Waals surface area contributed by atoms with Gasteiger partial charge in [0.25, 0.3) is 0 Å². The molecule has 0 saturated heterocycles. The van der Waals surface area contributed by atoms with Crippen LogP contribution >= 0.6 is 45.6 Å². The summed E-state index contributed by atoms with van der Waals surface area (Å²) in [6.07, 6.45) is 3.07. The number of esters is 1. The molecule has 2 rings (SSSR count). The largest absolute Gasteiger partial charge is 0.463 e. The van der Waals surface area contributed by atoms with Crippen molar-refractivity contribution in [2.24, 2.45) is 5.41 Å². The molecule has 0 aliphatic heterocycles. The minimum atomic E-state index is -0.604. The van der Waals surface area contributed by atoms with Crippen molar-refractivity contribution in [3.8, 4) is 6.07 Å². The van der Waals surface area contributed by atoms with Crippen LogP contribution < -0.4 is 0 Å². The summed E-state index contributed by atoms with van der Waals surface area (Å²) >= 11 is 7.03. The molecule has 39 heavy (non-hydrogen) atoms. The molecule has 0 radical (unpaired) electrons. The summed E-state index contributed by atoms with van der Waals surface area (Å²) in [5, 5.41) is 10.6. The predicted molar refractivity (Wildman–Crippen MR) is 164 cm³/mol. The molecule has 0 spiro atoms. The van der Waals surface area contributed by atoms with Gasteiger partial charge < -0.3 is 18.9 Å². The topological polar surface area (TPSA) is 90.7 Å². The van der Waals surface area contributed by atoms with Crippen LogP contribution in [0.3, 0.4) is 0 Å². The lowest BCUT2D eigenvalue weighted by atomic mass is 9.84. The zero-order valence-electron chi connectivity index (χ0n) is 22.3. The zero-order chi connectivity index (χ0) is 28.0. The van der Waals surface area contributed by atoms with Crippen LogP contribution in [0.5, 0.6) is 0 Å². The third kappa shape index (κ3) is 16.3. The third-order valence-corrected chi connectivity index (χ3v) is 9.10. The van der Waals surface area contributed by atoms with Crippen molar-refractivity contribution in [3.05, 3.63) is 60.3 Å². The molecule has 212 valence electrons. The van der Waals surface area contributed by atoms with Crippen LogP contribution in [0.1, 0.15) is 31.7 Å². The molecule has 2 aromatic rings. The summed E-state index contributed by atoms with van der Waals surface area (Å²) in [4.78, 5) is 16.3. The Labute approximate surface area is 249 Å². The number of carbonyl (C=O) groups excluding carboxylic acids is 1. The van der Waals surface area contributed by atoms with Gasteiger partial charge in [0.05, 0.1) is 55.3 Å². The number of thioether (sulfide) groups is 1. The van der Waals surface area contributed by atoms with Gasteiger partial charge in [0.15, 0.2) is 0 Å². The molecule has 0 saturated carbocycles. The first-order valence-electron chi connectivity index (χ1n) is 12.8. The minimum Gasteiger partial charge on any atom is -0.463 e. The van der Waals surface area contributed by atoms with Gasteiger partial charge in [-0.3, -0.25) is 4.79 Å². The van der Waals surface area contributed by atoms with E-state index in [1.54, 1.807) is 39.5 Å². The van der Waals surface area contributed by atoms with E-state index in [0.29, 0.717) is 52.5 Å². The zero-order valence-corrected chi connectivity index (χ0v) is 25.5. The lowest BCUT2D eigenvalue weighted by molar-refractivity contribution is -0.145. The Bertz CT molecular complexity index is 994. The molecule has 1 aromatic heterocycles. The lowest BCUT2D eigenvalue weighted by Gasteiger charge is -2.20. The molecule has 0 fully saturated rings. The summed E-state index contributed by atoms with van der Waals surface area (Å²) in [6, 6.07) is 18.0. The van der Waals surface area contributed by atoms with Gasteiger partial charge in [0.2, 0.25) is 0 Å². The van der Waals surface area contributed by atoms with Gasteiger partial charge in [-0.1, -0.05) is 59.4 Å². The van der Waals surface area contributed by atoms with E-state index >= 15 is 0 Å². The number of pyridine rings is 1. The smallest absolute Gasteiger partial charge is 0.305 e. The first-order chi connectivity index (χ1) is 19.0. The van der Waals surface area contributed by atoms with E-state index in [1.165, 1.54) is 0 Å². The van der Waals surface area contributed by atoms with E-state index in [1.807, 2.05) is 55.5 Å². The van der Waals surface area contributed by atoms with Gasteiger partial charge in [-0.05, 0) is 48.3 Å². The normalized spacial score (nSPS) is 12.4. The highest BCUT2D eigenvalue weighted by Gasteiger charge is 2.25. The van der Waals surface area contributed by atoms with Crippen molar-refractivity contribution in [1.82, 2.24) is 4.98 Å². The maximum absolute atomic E-state index is 12.1. The number of hydrogen-bond acceptors (Lipinski definition) is 11. The SMILES string of the molecule is CC(C#N)(CCSC(=S)c1ccccc1)CCC(=O)OCCOCCOCCOCCSSc1ccccn1. The van der Waals surface area contributed by atoms with Crippen molar-refractivity contribution in [1.29, 1.82) is 5.26 Å². The Hall–Kier alpha value is -1.65. The molecule has 1 atom stereocenters. The van der Waals surface area contributed by atoms with Crippen LogP contribution in [0, 0.1) is 16.7 Å². The van der Waals surface area contributed by atoms with E-state index in [2.05, 4.69) is 11.1 Å². The van der Waals surface area contributed by atoms with Gasteiger partial charge >= 0.3 is 5.97 Å². The van der Waals surface area contributed by atoms with Crippen LogP contribution in [0.2, 0.25) is 0 Å². The molecule has 0 amide bonds. The minimum absolute atomic E-state index is 0.181. The number of hydrogen-bond donors (Lipinski definition) is 0. The van der Waals surface area contributed by atoms with Crippen molar-refractivity contribution < 1.29 is 23.7 Å². The first-order valence-corrected chi connectivity index (χ1v) is 16.5. The summed E-state index contributed by atoms with van der Waals surface area (Å²) in [7, 11) is 3.35. The number of benzene rings is 1. The first kappa shape index (κ1) is 33.6. The quantitative estimate of drug-likeness (QED) is 0.0700. The number of nitrogens with zero attached hydrogens (tertiary/aromatic N) is 2. The molecule has 1 aromatic carbocycles. The van der Waals surface area contributed by atoms with E-state index in [-0.39, 0.29) is 19.0 Å². The molecule has 0 aliphatic rings. The fraction of sp³-hybridized carbons (Fsp3) is 0.500. The van der Waals surface area contributed by atoms with Gasteiger partial charge in [-0.15, -0.1) is 11.8 Å². The fourth-order valence-corrected chi connectivity index (χ4v) is 6.23.